The van der Waals surface area contributed by atoms with Gasteiger partial charge in [0.25, 0.3) is 0 Å². The fraction of sp³-hybridized carbons (Fsp3) is 0.250. The molecule has 1 heterocycles. The van der Waals surface area contributed by atoms with Crippen LogP contribution in [-0.2, 0) is 6.54 Å². The molecule has 19 heavy (non-hydrogen) atoms. The number of carbonyl (C=O) groups excluding carboxylic acids is 1. The van der Waals surface area contributed by atoms with Gasteiger partial charge in [0.2, 0.25) is 0 Å². The Kier molecular flexibility index (Phi) is 3.82. The molecular formula is C16H16N2O. The molecule has 0 aliphatic carbocycles. The molecule has 0 spiro atoms. The predicted octanol–water partition coefficient (Wildman–Crippen LogP) is 3.25. The number of aromatic nitrogens is 1. The number of nitriles is 1. The second-order valence-electron chi connectivity index (χ2n) is 4.90. The zero-order valence-corrected chi connectivity index (χ0v) is 11.1. The molecule has 96 valence electrons. The molecule has 0 radical (unpaired) electrons. The van der Waals surface area contributed by atoms with E-state index in [1.54, 1.807) is 6.07 Å². The molecule has 0 atom stereocenters. The molecule has 3 nitrogen and oxygen atoms in total. The maximum Gasteiger partial charge on any atom is 0.166 e. The highest BCUT2D eigenvalue weighted by molar-refractivity contribution is 5.97. The molecule has 0 fully saturated rings. The molecule has 0 aliphatic rings. The number of hydrogen-bond acceptors (Lipinski definition) is 2. The van der Waals surface area contributed by atoms with Crippen molar-refractivity contribution in [3.63, 3.8) is 0 Å². The van der Waals surface area contributed by atoms with Crippen LogP contribution in [0, 0.1) is 17.2 Å². The first-order valence-corrected chi connectivity index (χ1v) is 6.29. The lowest BCUT2D eigenvalue weighted by Gasteiger charge is -2.04. The van der Waals surface area contributed by atoms with E-state index in [4.69, 9.17) is 5.26 Å². The Morgan fingerprint density at radius 2 is 2.16 bits per heavy atom. The van der Waals surface area contributed by atoms with Crippen molar-refractivity contribution in [2.75, 3.05) is 0 Å². The zero-order chi connectivity index (χ0) is 13.8. The molecule has 0 saturated carbocycles. The van der Waals surface area contributed by atoms with Gasteiger partial charge in [-0.2, -0.15) is 5.26 Å². The van der Waals surface area contributed by atoms with Crippen LogP contribution in [0.2, 0.25) is 0 Å². The van der Waals surface area contributed by atoms with Gasteiger partial charge in [0.05, 0.1) is 11.6 Å². The Morgan fingerprint density at radius 3 is 2.84 bits per heavy atom. The van der Waals surface area contributed by atoms with Gasteiger partial charge in [-0.15, -0.1) is 0 Å². The van der Waals surface area contributed by atoms with Crippen LogP contribution in [0.25, 0.3) is 0 Å². The van der Waals surface area contributed by atoms with Crippen LogP contribution in [0.3, 0.4) is 0 Å². The lowest BCUT2D eigenvalue weighted by Crippen LogP contribution is -2.06. The van der Waals surface area contributed by atoms with Crippen LogP contribution in [0.5, 0.6) is 0 Å². The Hall–Kier alpha value is -2.34. The standard InChI is InChI=1S/C16H16N2O/c1-12(2)16(19)15-6-7-18(11-15)10-14-5-3-4-13(8-14)9-17/h3-8,11-12H,10H2,1-2H3. The van der Waals surface area contributed by atoms with E-state index in [2.05, 4.69) is 6.07 Å². The SMILES string of the molecule is CC(C)C(=O)c1ccn(Cc2cccc(C#N)c2)c1. The van der Waals surface area contributed by atoms with Crippen molar-refractivity contribution in [3.05, 3.63) is 59.4 Å². The summed E-state index contributed by atoms with van der Waals surface area (Å²) in [6.45, 7) is 4.47. The second kappa shape index (κ2) is 5.53. The van der Waals surface area contributed by atoms with Crippen molar-refractivity contribution in [1.82, 2.24) is 4.57 Å². The third-order valence-electron chi connectivity index (χ3n) is 2.98. The van der Waals surface area contributed by atoms with Gasteiger partial charge >= 0.3 is 0 Å². The Morgan fingerprint density at radius 1 is 1.37 bits per heavy atom. The number of rotatable bonds is 4. The average molecular weight is 252 g/mol. The minimum absolute atomic E-state index is 0.0118. The highest BCUT2D eigenvalue weighted by Crippen LogP contribution is 2.12. The predicted molar refractivity (Wildman–Crippen MR) is 73.9 cm³/mol. The van der Waals surface area contributed by atoms with Gasteiger partial charge in [-0.3, -0.25) is 4.79 Å². The normalized spacial score (nSPS) is 10.4. The largest absolute Gasteiger partial charge is 0.349 e. The van der Waals surface area contributed by atoms with Crippen molar-refractivity contribution in [2.24, 2.45) is 5.92 Å². The Balaban J connectivity index is 2.16. The number of Topliss-reactive ketones (excluding diaryl/α,β-unsaturated/α-hetero) is 1. The van der Waals surface area contributed by atoms with E-state index in [9.17, 15) is 4.79 Å². The molecule has 0 amide bonds. The fourth-order valence-corrected chi connectivity index (χ4v) is 1.97. The third-order valence-corrected chi connectivity index (χ3v) is 2.98. The highest BCUT2D eigenvalue weighted by Gasteiger charge is 2.11. The van der Waals surface area contributed by atoms with E-state index < -0.39 is 0 Å². The molecule has 3 heteroatoms. The van der Waals surface area contributed by atoms with Crippen LogP contribution in [-0.4, -0.2) is 10.4 Å². The maximum absolute atomic E-state index is 11.9. The molecule has 2 aromatic rings. The maximum atomic E-state index is 11.9. The van der Waals surface area contributed by atoms with E-state index in [1.165, 1.54) is 0 Å². The summed E-state index contributed by atoms with van der Waals surface area (Å²) in [4.78, 5) is 11.9. The lowest BCUT2D eigenvalue weighted by molar-refractivity contribution is 0.0939. The third kappa shape index (κ3) is 3.11. The summed E-state index contributed by atoms with van der Waals surface area (Å²) >= 11 is 0. The van der Waals surface area contributed by atoms with Crippen LogP contribution in [0.15, 0.2) is 42.7 Å². The zero-order valence-electron chi connectivity index (χ0n) is 11.1. The van der Waals surface area contributed by atoms with Gasteiger partial charge in [0.15, 0.2) is 5.78 Å². The van der Waals surface area contributed by atoms with E-state index >= 15 is 0 Å². The summed E-state index contributed by atoms with van der Waals surface area (Å²) in [7, 11) is 0. The molecule has 0 saturated heterocycles. The van der Waals surface area contributed by atoms with E-state index in [-0.39, 0.29) is 11.7 Å². The summed E-state index contributed by atoms with van der Waals surface area (Å²) < 4.78 is 1.96. The summed E-state index contributed by atoms with van der Waals surface area (Å²) in [5.41, 5.74) is 2.45. The Labute approximate surface area is 113 Å². The molecule has 0 bridgehead atoms. The summed E-state index contributed by atoms with van der Waals surface area (Å²) in [5, 5.41) is 8.86. The van der Waals surface area contributed by atoms with Crippen molar-refractivity contribution >= 4 is 5.78 Å². The molecule has 2 rings (SSSR count). The Bertz CT molecular complexity index is 632. The lowest BCUT2D eigenvalue weighted by atomic mass is 10.0. The molecule has 1 aromatic heterocycles. The summed E-state index contributed by atoms with van der Waals surface area (Å²) in [6, 6.07) is 11.5. The van der Waals surface area contributed by atoms with Gasteiger partial charge in [0, 0.05) is 30.4 Å². The van der Waals surface area contributed by atoms with Crippen LogP contribution in [0.4, 0.5) is 0 Å². The number of benzene rings is 1. The monoisotopic (exact) mass is 252 g/mol. The summed E-state index contributed by atoms with van der Waals surface area (Å²) in [6.07, 6.45) is 3.76. The first kappa shape index (κ1) is 13.1. The smallest absolute Gasteiger partial charge is 0.166 e. The number of ketones is 1. The van der Waals surface area contributed by atoms with Gasteiger partial charge in [-0.1, -0.05) is 26.0 Å². The first-order chi connectivity index (χ1) is 9.10. The number of carbonyl (C=O) groups is 1. The van der Waals surface area contributed by atoms with Gasteiger partial charge in [0.1, 0.15) is 0 Å². The van der Waals surface area contributed by atoms with Crippen LogP contribution in [0.1, 0.15) is 35.3 Å². The van der Waals surface area contributed by atoms with Crippen molar-refractivity contribution < 1.29 is 4.79 Å². The van der Waals surface area contributed by atoms with Crippen molar-refractivity contribution in [2.45, 2.75) is 20.4 Å². The van der Waals surface area contributed by atoms with Crippen LogP contribution < -0.4 is 0 Å². The molecule has 0 aliphatic heterocycles. The number of hydrogen-bond donors (Lipinski definition) is 0. The topological polar surface area (TPSA) is 45.8 Å². The minimum Gasteiger partial charge on any atom is -0.349 e. The first-order valence-electron chi connectivity index (χ1n) is 6.29. The quantitative estimate of drug-likeness (QED) is 0.784. The van der Waals surface area contributed by atoms with Crippen molar-refractivity contribution in [1.29, 1.82) is 5.26 Å². The summed E-state index contributed by atoms with van der Waals surface area (Å²) in [5.74, 6) is 0.169. The van der Waals surface area contributed by atoms with E-state index in [0.717, 1.165) is 11.1 Å². The van der Waals surface area contributed by atoms with E-state index in [0.29, 0.717) is 12.1 Å². The second-order valence-corrected chi connectivity index (χ2v) is 4.90. The van der Waals surface area contributed by atoms with Gasteiger partial charge in [-0.05, 0) is 23.8 Å². The fourth-order valence-electron chi connectivity index (χ4n) is 1.97. The van der Waals surface area contributed by atoms with Gasteiger partial charge < -0.3 is 4.57 Å². The molecule has 0 unspecified atom stereocenters. The molecule has 1 aromatic carbocycles. The number of nitrogens with zero attached hydrogens (tertiary/aromatic N) is 2. The highest BCUT2D eigenvalue weighted by atomic mass is 16.1. The van der Waals surface area contributed by atoms with Gasteiger partial charge in [-0.25, -0.2) is 0 Å². The molecule has 0 N–H and O–H groups in total. The minimum atomic E-state index is 0.0118. The van der Waals surface area contributed by atoms with Crippen molar-refractivity contribution in [3.8, 4) is 6.07 Å². The van der Waals surface area contributed by atoms with Crippen LogP contribution >= 0.6 is 0 Å². The average Bonchev–Trinajstić information content (AvgIpc) is 2.86. The molecular weight excluding hydrogens is 236 g/mol. The van der Waals surface area contributed by atoms with E-state index in [1.807, 2.05) is 55.1 Å².